The summed E-state index contributed by atoms with van der Waals surface area (Å²) in [4.78, 5) is 27.2. The van der Waals surface area contributed by atoms with E-state index in [0.29, 0.717) is 29.3 Å². The lowest BCUT2D eigenvalue weighted by molar-refractivity contribution is -0.114. The molecule has 1 saturated carbocycles. The summed E-state index contributed by atoms with van der Waals surface area (Å²) >= 11 is 0. The monoisotopic (exact) mass is 420 g/mol. The Kier molecular flexibility index (Phi) is 6.28. The largest absolute Gasteiger partial charge is 0.376 e. The van der Waals surface area contributed by atoms with E-state index in [4.69, 9.17) is 0 Å². The minimum absolute atomic E-state index is 0.0863. The molecule has 0 spiro atoms. The van der Waals surface area contributed by atoms with Gasteiger partial charge in [0.2, 0.25) is 5.91 Å². The molecule has 0 bridgehead atoms. The highest BCUT2D eigenvalue weighted by atomic mass is 16.2. The normalized spacial score (nSPS) is 16.6. The molecule has 1 aliphatic heterocycles. The standard InChI is InChI=1S/C25H32N4O2/c1-16(2)17(3)29-14-19-7-5-9-23(22(19)15-29)26-13-24(30)27-21-8-4-6-18(12-21)25(31)28-20-10-11-20/h4-9,12,16-17,20,26H,10-11,13-15H2,1-3H3,(H,27,30)(H,28,31). The van der Waals surface area contributed by atoms with Gasteiger partial charge in [-0.2, -0.15) is 0 Å². The number of benzene rings is 2. The SMILES string of the molecule is CC(C)C(C)N1Cc2cccc(NCC(=O)Nc3cccc(C(=O)NC4CC4)c3)c2C1. The van der Waals surface area contributed by atoms with Crippen molar-refractivity contribution in [3.05, 3.63) is 59.2 Å². The van der Waals surface area contributed by atoms with Crippen LogP contribution in [0.4, 0.5) is 11.4 Å². The molecule has 1 fully saturated rings. The summed E-state index contributed by atoms with van der Waals surface area (Å²) in [6, 6.07) is 14.2. The molecule has 0 aromatic heterocycles. The molecule has 6 heteroatoms. The molecule has 1 aliphatic carbocycles. The average Bonchev–Trinajstić information content (AvgIpc) is 3.45. The van der Waals surface area contributed by atoms with E-state index in [2.05, 4.69) is 47.7 Å². The highest BCUT2D eigenvalue weighted by Gasteiger charge is 2.27. The molecule has 1 heterocycles. The van der Waals surface area contributed by atoms with Gasteiger partial charge < -0.3 is 16.0 Å². The number of anilines is 2. The van der Waals surface area contributed by atoms with E-state index in [-0.39, 0.29) is 18.4 Å². The zero-order valence-electron chi connectivity index (χ0n) is 18.6. The van der Waals surface area contributed by atoms with Crippen LogP contribution in [0.2, 0.25) is 0 Å². The number of rotatable bonds is 8. The van der Waals surface area contributed by atoms with Crippen molar-refractivity contribution in [1.82, 2.24) is 10.2 Å². The molecular weight excluding hydrogens is 388 g/mol. The Balaban J connectivity index is 1.34. The quantitative estimate of drug-likeness (QED) is 0.604. The summed E-state index contributed by atoms with van der Waals surface area (Å²) in [6.07, 6.45) is 2.09. The second-order valence-electron chi connectivity index (χ2n) is 9.06. The number of amides is 2. The van der Waals surface area contributed by atoms with Gasteiger partial charge in [0, 0.05) is 42.1 Å². The summed E-state index contributed by atoms with van der Waals surface area (Å²) in [6.45, 7) is 8.80. The Bertz CT molecular complexity index is 968. The van der Waals surface area contributed by atoms with Gasteiger partial charge >= 0.3 is 0 Å². The molecule has 1 atom stereocenters. The first-order valence-electron chi connectivity index (χ1n) is 11.2. The van der Waals surface area contributed by atoms with E-state index < -0.39 is 0 Å². The fourth-order valence-corrected chi connectivity index (χ4v) is 3.94. The van der Waals surface area contributed by atoms with Gasteiger partial charge in [0.1, 0.15) is 0 Å². The van der Waals surface area contributed by atoms with Crippen LogP contribution in [0.3, 0.4) is 0 Å². The molecular formula is C25H32N4O2. The van der Waals surface area contributed by atoms with E-state index >= 15 is 0 Å². The van der Waals surface area contributed by atoms with E-state index in [1.807, 2.05) is 12.1 Å². The summed E-state index contributed by atoms with van der Waals surface area (Å²) in [5.41, 5.74) is 4.82. The van der Waals surface area contributed by atoms with Gasteiger partial charge in [0.05, 0.1) is 6.54 Å². The Morgan fingerprint density at radius 2 is 1.84 bits per heavy atom. The van der Waals surface area contributed by atoms with Crippen molar-refractivity contribution in [2.75, 3.05) is 17.2 Å². The third kappa shape index (κ3) is 5.25. The smallest absolute Gasteiger partial charge is 0.251 e. The van der Waals surface area contributed by atoms with Gasteiger partial charge in [-0.05, 0) is 61.1 Å². The highest BCUT2D eigenvalue weighted by Crippen LogP contribution is 2.31. The molecule has 31 heavy (non-hydrogen) atoms. The van der Waals surface area contributed by atoms with Crippen LogP contribution in [-0.2, 0) is 17.9 Å². The summed E-state index contributed by atoms with van der Waals surface area (Å²) in [5.74, 6) is 0.373. The van der Waals surface area contributed by atoms with Crippen LogP contribution in [-0.4, -0.2) is 35.3 Å². The fourth-order valence-electron chi connectivity index (χ4n) is 3.94. The molecule has 3 N–H and O–H groups in total. The maximum Gasteiger partial charge on any atom is 0.251 e. The lowest BCUT2D eigenvalue weighted by Gasteiger charge is -2.27. The fraction of sp³-hybridized carbons (Fsp3) is 0.440. The zero-order valence-corrected chi connectivity index (χ0v) is 18.6. The Morgan fingerprint density at radius 3 is 2.58 bits per heavy atom. The van der Waals surface area contributed by atoms with Crippen molar-refractivity contribution in [2.24, 2.45) is 5.92 Å². The summed E-state index contributed by atoms with van der Waals surface area (Å²) in [7, 11) is 0. The first-order chi connectivity index (χ1) is 14.9. The second kappa shape index (κ2) is 9.10. The molecule has 6 nitrogen and oxygen atoms in total. The topological polar surface area (TPSA) is 73.5 Å². The molecule has 4 rings (SSSR count). The van der Waals surface area contributed by atoms with Crippen molar-refractivity contribution in [2.45, 2.75) is 58.8 Å². The van der Waals surface area contributed by atoms with Crippen LogP contribution >= 0.6 is 0 Å². The number of fused-ring (bicyclic) bond motifs is 1. The van der Waals surface area contributed by atoms with Crippen LogP contribution in [0.25, 0.3) is 0 Å². The summed E-state index contributed by atoms with van der Waals surface area (Å²) < 4.78 is 0. The number of hydrogen-bond donors (Lipinski definition) is 3. The van der Waals surface area contributed by atoms with Crippen LogP contribution < -0.4 is 16.0 Å². The van der Waals surface area contributed by atoms with Crippen molar-refractivity contribution in [1.29, 1.82) is 0 Å². The molecule has 164 valence electrons. The first kappa shape index (κ1) is 21.4. The zero-order chi connectivity index (χ0) is 22.0. The molecule has 0 saturated heterocycles. The third-order valence-corrected chi connectivity index (χ3v) is 6.31. The van der Waals surface area contributed by atoms with Gasteiger partial charge in [0.15, 0.2) is 0 Å². The number of carbonyl (C=O) groups is 2. The van der Waals surface area contributed by atoms with E-state index in [1.165, 1.54) is 11.1 Å². The molecule has 2 aromatic rings. The Morgan fingerprint density at radius 1 is 1.06 bits per heavy atom. The molecule has 2 aliphatic rings. The van der Waals surface area contributed by atoms with Crippen LogP contribution in [0.5, 0.6) is 0 Å². The van der Waals surface area contributed by atoms with Gasteiger partial charge in [-0.25, -0.2) is 0 Å². The van der Waals surface area contributed by atoms with E-state index in [9.17, 15) is 9.59 Å². The van der Waals surface area contributed by atoms with Gasteiger partial charge in [-0.3, -0.25) is 14.5 Å². The lowest BCUT2D eigenvalue weighted by Crippen LogP contribution is -2.32. The number of nitrogens with one attached hydrogen (secondary N) is 3. The number of hydrogen-bond acceptors (Lipinski definition) is 4. The van der Waals surface area contributed by atoms with E-state index in [1.54, 1.807) is 24.3 Å². The van der Waals surface area contributed by atoms with Crippen molar-refractivity contribution in [3.63, 3.8) is 0 Å². The van der Waals surface area contributed by atoms with Gasteiger partial charge in [0.25, 0.3) is 5.91 Å². The highest BCUT2D eigenvalue weighted by molar-refractivity contribution is 5.98. The van der Waals surface area contributed by atoms with Crippen LogP contribution in [0.1, 0.15) is 55.1 Å². The molecule has 1 unspecified atom stereocenters. The van der Waals surface area contributed by atoms with Gasteiger partial charge in [-0.1, -0.05) is 32.0 Å². The predicted molar refractivity (Wildman–Crippen MR) is 124 cm³/mol. The number of carbonyl (C=O) groups excluding carboxylic acids is 2. The Labute approximate surface area is 184 Å². The lowest BCUT2D eigenvalue weighted by atomic mass is 10.1. The third-order valence-electron chi connectivity index (χ3n) is 6.31. The minimum Gasteiger partial charge on any atom is -0.376 e. The van der Waals surface area contributed by atoms with Crippen molar-refractivity contribution >= 4 is 23.2 Å². The van der Waals surface area contributed by atoms with Crippen molar-refractivity contribution < 1.29 is 9.59 Å². The molecule has 2 amide bonds. The Hall–Kier alpha value is -2.86. The molecule has 0 radical (unpaired) electrons. The van der Waals surface area contributed by atoms with E-state index in [0.717, 1.165) is 31.6 Å². The van der Waals surface area contributed by atoms with Crippen molar-refractivity contribution in [3.8, 4) is 0 Å². The number of nitrogens with zero attached hydrogens (tertiary/aromatic N) is 1. The first-order valence-corrected chi connectivity index (χ1v) is 11.2. The second-order valence-corrected chi connectivity index (χ2v) is 9.06. The summed E-state index contributed by atoms with van der Waals surface area (Å²) in [5, 5.41) is 9.17. The minimum atomic E-state index is -0.136. The van der Waals surface area contributed by atoms with Gasteiger partial charge in [-0.15, -0.1) is 0 Å². The average molecular weight is 421 g/mol. The maximum atomic E-state index is 12.5. The molecule has 2 aromatic carbocycles. The van der Waals surface area contributed by atoms with Crippen LogP contribution in [0, 0.1) is 5.92 Å². The predicted octanol–water partition coefficient (Wildman–Crippen LogP) is 3.99. The maximum absolute atomic E-state index is 12.5. The van der Waals surface area contributed by atoms with Crippen LogP contribution in [0.15, 0.2) is 42.5 Å².